The number of hydrogen-bond acceptors (Lipinski definition) is 3. The van der Waals surface area contributed by atoms with Crippen LogP contribution < -0.4 is 5.32 Å². The van der Waals surface area contributed by atoms with E-state index in [-0.39, 0.29) is 0 Å². The van der Waals surface area contributed by atoms with Gasteiger partial charge in [-0.1, -0.05) is 12.1 Å². The summed E-state index contributed by atoms with van der Waals surface area (Å²) in [4.78, 5) is 21.3. The number of carbonyl (C=O) groups is 2. The number of carboxylic acid groups (broad SMARTS) is 1. The monoisotopic (exact) mass is 218 g/mol. The van der Waals surface area contributed by atoms with Crippen molar-refractivity contribution in [3.05, 3.63) is 29.8 Å². The zero-order valence-corrected chi connectivity index (χ0v) is 8.43. The van der Waals surface area contributed by atoms with Crippen molar-refractivity contribution in [2.45, 2.75) is 12.8 Å². The summed E-state index contributed by atoms with van der Waals surface area (Å²) in [6.07, 6.45) is -0.247. The van der Waals surface area contributed by atoms with E-state index >= 15 is 0 Å². The van der Waals surface area contributed by atoms with Crippen LogP contribution in [0.15, 0.2) is 24.3 Å². The van der Waals surface area contributed by atoms with Crippen molar-refractivity contribution in [3.8, 4) is 6.07 Å². The second-order valence-corrected chi connectivity index (χ2v) is 3.15. The Balaban J connectivity index is 2.59. The molecule has 0 aromatic heterocycles. The van der Waals surface area contributed by atoms with Gasteiger partial charge < -0.3 is 10.4 Å². The highest BCUT2D eigenvalue weighted by Gasteiger charge is 2.07. The highest BCUT2D eigenvalue weighted by atomic mass is 16.4. The standard InChI is InChI=1S/C11H10N2O3/c12-6-5-8-1-3-9(4-2-8)13-10(14)7-11(15)16/h1-4H,5,7H2,(H,13,14)(H,15,16). The molecule has 0 spiro atoms. The first-order valence-electron chi connectivity index (χ1n) is 4.59. The highest BCUT2D eigenvalue weighted by Crippen LogP contribution is 2.10. The quantitative estimate of drug-likeness (QED) is 0.742. The number of aliphatic carboxylic acids is 1. The van der Waals surface area contributed by atoms with Crippen LogP contribution in [0.25, 0.3) is 0 Å². The third-order valence-corrected chi connectivity index (χ3v) is 1.83. The minimum atomic E-state index is -1.17. The molecule has 0 heterocycles. The van der Waals surface area contributed by atoms with Gasteiger partial charge in [-0.3, -0.25) is 9.59 Å². The summed E-state index contributed by atoms with van der Waals surface area (Å²) in [7, 11) is 0. The number of benzene rings is 1. The number of hydrogen-bond donors (Lipinski definition) is 2. The van der Waals surface area contributed by atoms with Gasteiger partial charge in [0.2, 0.25) is 5.91 Å². The summed E-state index contributed by atoms with van der Waals surface area (Å²) >= 11 is 0. The fourth-order valence-corrected chi connectivity index (χ4v) is 1.14. The molecule has 0 radical (unpaired) electrons. The van der Waals surface area contributed by atoms with Crippen molar-refractivity contribution in [1.29, 1.82) is 5.26 Å². The minimum Gasteiger partial charge on any atom is -0.481 e. The average molecular weight is 218 g/mol. The summed E-state index contributed by atoms with van der Waals surface area (Å²) in [5.74, 6) is -1.74. The highest BCUT2D eigenvalue weighted by molar-refractivity contribution is 6.01. The number of nitrogens with one attached hydrogen (secondary N) is 1. The van der Waals surface area contributed by atoms with Gasteiger partial charge in [0.15, 0.2) is 0 Å². The fraction of sp³-hybridized carbons (Fsp3) is 0.182. The van der Waals surface area contributed by atoms with Crippen LogP contribution in [0.4, 0.5) is 5.69 Å². The van der Waals surface area contributed by atoms with Gasteiger partial charge in [0, 0.05) is 5.69 Å². The Hall–Kier alpha value is -2.35. The molecule has 1 rings (SSSR count). The van der Waals surface area contributed by atoms with Crippen LogP contribution in [-0.2, 0) is 16.0 Å². The Labute approximate surface area is 92.3 Å². The van der Waals surface area contributed by atoms with Gasteiger partial charge in [0.25, 0.3) is 0 Å². The van der Waals surface area contributed by atoms with Crippen LogP contribution >= 0.6 is 0 Å². The summed E-state index contributed by atoms with van der Waals surface area (Å²) < 4.78 is 0. The first-order chi connectivity index (χ1) is 7.61. The summed E-state index contributed by atoms with van der Waals surface area (Å²) in [5.41, 5.74) is 1.37. The molecule has 1 amide bonds. The third-order valence-electron chi connectivity index (χ3n) is 1.83. The van der Waals surface area contributed by atoms with E-state index in [1.54, 1.807) is 24.3 Å². The fourth-order valence-electron chi connectivity index (χ4n) is 1.14. The maximum Gasteiger partial charge on any atom is 0.312 e. The molecule has 0 saturated heterocycles. The third kappa shape index (κ3) is 3.80. The largest absolute Gasteiger partial charge is 0.481 e. The first-order valence-corrected chi connectivity index (χ1v) is 4.59. The van der Waals surface area contributed by atoms with Gasteiger partial charge in [-0.25, -0.2) is 0 Å². The molecule has 2 N–H and O–H groups in total. The Morgan fingerprint density at radius 1 is 1.31 bits per heavy atom. The topological polar surface area (TPSA) is 90.2 Å². The zero-order chi connectivity index (χ0) is 12.0. The summed E-state index contributed by atoms with van der Waals surface area (Å²) in [5, 5.41) is 19.3. The van der Waals surface area contributed by atoms with E-state index in [2.05, 4.69) is 5.32 Å². The van der Waals surface area contributed by atoms with Gasteiger partial charge in [-0.05, 0) is 17.7 Å². The SMILES string of the molecule is N#CCc1ccc(NC(=O)CC(=O)O)cc1. The molecule has 0 unspecified atom stereocenters. The van der Waals surface area contributed by atoms with Gasteiger partial charge in [-0.2, -0.15) is 5.26 Å². The molecule has 0 aliphatic rings. The van der Waals surface area contributed by atoms with Crippen LogP contribution in [0.2, 0.25) is 0 Å². The number of amides is 1. The lowest BCUT2D eigenvalue weighted by Crippen LogP contribution is -2.15. The number of rotatable bonds is 4. The van der Waals surface area contributed by atoms with Crippen LogP contribution in [0.5, 0.6) is 0 Å². The Bertz CT molecular complexity index is 432. The lowest BCUT2D eigenvalue weighted by atomic mass is 10.1. The van der Waals surface area contributed by atoms with Crippen molar-refractivity contribution in [1.82, 2.24) is 0 Å². The number of nitriles is 1. The van der Waals surface area contributed by atoms with Gasteiger partial charge in [0.05, 0.1) is 12.5 Å². The van der Waals surface area contributed by atoms with Crippen LogP contribution in [0.1, 0.15) is 12.0 Å². The Morgan fingerprint density at radius 2 is 1.94 bits per heavy atom. The van der Waals surface area contributed by atoms with E-state index in [9.17, 15) is 9.59 Å². The predicted octanol–water partition coefficient (Wildman–Crippen LogP) is 1.17. The molecule has 16 heavy (non-hydrogen) atoms. The van der Waals surface area contributed by atoms with E-state index in [4.69, 9.17) is 10.4 Å². The summed E-state index contributed by atoms with van der Waals surface area (Å²) in [6.45, 7) is 0. The van der Waals surface area contributed by atoms with E-state index in [1.165, 1.54) is 0 Å². The van der Waals surface area contributed by atoms with Crippen LogP contribution in [0, 0.1) is 11.3 Å². The molecular formula is C11H10N2O3. The van der Waals surface area contributed by atoms with E-state index in [1.807, 2.05) is 6.07 Å². The number of carboxylic acids is 1. The van der Waals surface area contributed by atoms with Crippen LogP contribution in [0.3, 0.4) is 0 Å². The molecule has 0 atom stereocenters. The zero-order valence-electron chi connectivity index (χ0n) is 8.43. The second-order valence-electron chi connectivity index (χ2n) is 3.15. The number of nitrogens with zero attached hydrogens (tertiary/aromatic N) is 1. The molecule has 5 heteroatoms. The lowest BCUT2D eigenvalue weighted by Gasteiger charge is -2.03. The molecule has 5 nitrogen and oxygen atoms in total. The smallest absolute Gasteiger partial charge is 0.312 e. The van der Waals surface area contributed by atoms with Crippen molar-refractivity contribution < 1.29 is 14.7 Å². The first kappa shape index (κ1) is 11.7. The van der Waals surface area contributed by atoms with Gasteiger partial charge in [-0.15, -0.1) is 0 Å². The van der Waals surface area contributed by atoms with Crippen molar-refractivity contribution in [2.24, 2.45) is 0 Å². The molecule has 0 aliphatic heterocycles. The molecule has 0 bridgehead atoms. The molecule has 1 aromatic rings. The molecule has 82 valence electrons. The predicted molar refractivity (Wildman–Crippen MR) is 56.6 cm³/mol. The van der Waals surface area contributed by atoms with Crippen molar-refractivity contribution in [3.63, 3.8) is 0 Å². The van der Waals surface area contributed by atoms with E-state index in [0.717, 1.165) is 5.56 Å². The second kappa shape index (κ2) is 5.51. The van der Waals surface area contributed by atoms with Crippen molar-refractivity contribution >= 4 is 17.6 Å². The number of anilines is 1. The maximum absolute atomic E-state index is 11.1. The molecule has 0 aliphatic carbocycles. The molecule has 0 saturated carbocycles. The average Bonchev–Trinajstić information content (AvgIpc) is 2.20. The summed E-state index contributed by atoms with van der Waals surface area (Å²) in [6, 6.07) is 8.68. The Morgan fingerprint density at radius 3 is 2.44 bits per heavy atom. The molecular weight excluding hydrogens is 208 g/mol. The van der Waals surface area contributed by atoms with E-state index < -0.39 is 18.3 Å². The van der Waals surface area contributed by atoms with Gasteiger partial charge in [0.1, 0.15) is 6.42 Å². The van der Waals surface area contributed by atoms with Crippen molar-refractivity contribution in [2.75, 3.05) is 5.32 Å². The minimum absolute atomic E-state index is 0.309. The van der Waals surface area contributed by atoms with Gasteiger partial charge >= 0.3 is 5.97 Å². The number of carbonyl (C=O) groups excluding carboxylic acids is 1. The maximum atomic E-state index is 11.1. The normalized spacial score (nSPS) is 9.19. The Kier molecular flexibility index (Phi) is 4.04. The lowest BCUT2D eigenvalue weighted by molar-refractivity contribution is -0.139. The molecule has 1 aromatic carbocycles. The van der Waals surface area contributed by atoms with E-state index in [0.29, 0.717) is 12.1 Å². The molecule has 0 fully saturated rings. The van der Waals surface area contributed by atoms with Crippen LogP contribution in [-0.4, -0.2) is 17.0 Å².